The first-order valence-corrected chi connectivity index (χ1v) is 11.1. The summed E-state index contributed by atoms with van der Waals surface area (Å²) < 4.78 is 5.98. The smallest absolute Gasteiger partial charge is 0.120 e. The van der Waals surface area contributed by atoms with Gasteiger partial charge in [-0.3, -0.25) is 0 Å². The van der Waals surface area contributed by atoms with Crippen LogP contribution < -0.4 is 4.74 Å². The first-order valence-electron chi connectivity index (χ1n) is 11.1. The molecule has 2 aromatic rings. The third-order valence-electron chi connectivity index (χ3n) is 6.52. The average molecular weight is 431 g/mol. The van der Waals surface area contributed by atoms with Gasteiger partial charge >= 0.3 is 0 Å². The topological polar surface area (TPSA) is 90.2 Å². The molecule has 0 fully saturated rings. The van der Waals surface area contributed by atoms with E-state index in [4.69, 9.17) is 4.74 Å². The van der Waals surface area contributed by atoms with Crippen LogP contribution in [0.4, 0.5) is 0 Å². The molecule has 2 aromatic carbocycles. The van der Waals surface area contributed by atoms with E-state index in [1.807, 2.05) is 50.2 Å². The summed E-state index contributed by atoms with van der Waals surface area (Å²) in [4.78, 5) is 0. The predicted octanol–water partition coefficient (Wildman–Crippen LogP) is 4.22. The van der Waals surface area contributed by atoms with Gasteiger partial charge in [0.05, 0.1) is 24.9 Å². The van der Waals surface area contributed by atoms with Crippen molar-refractivity contribution in [3.05, 3.63) is 64.7 Å². The molecule has 0 radical (unpaired) electrons. The summed E-state index contributed by atoms with van der Waals surface area (Å²) in [5.41, 5.74) is 2.24. The summed E-state index contributed by atoms with van der Waals surface area (Å²) in [7, 11) is 0. The standard InChI is InChI=1S/C26H38O5/c1-5-26(30,6-2)24(29)12-13-25(3,4)22-8-7-9-23(15-22)31-18-19-10-11-20(16-27)21(14-19)17-28/h7-11,14-15,24,27-30H,5-6,12-13,16-18H2,1-4H3. The second kappa shape index (κ2) is 11.1. The van der Waals surface area contributed by atoms with Crippen molar-refractivity contribution in [1.29, 1.82) is 0 Å². The van der Waals surface area contributed by atoms with Crippen LogP contribution in [0.1, 0.15) is 75.6 Å². The van der Waals surface area contributed by atoms with Crippen LogP contribution in [0, 0.1) is 0 Å². The molecule has 2 rings (SSSR count). The van der Waals surface area contributed by atoms with E-state index >= 15 is 0 Å². The lowest BCUT2D eigenvalue weighted by Gasteiger charge is -2.34. The second-order valence-electron chi connectivity index (χ2n) is 8.98. The number of rotatable bonds is 12. The van der Waals surface area contributed by atoms with Crippen molar-refractivity contribution in [3.63, 3.8) is 0 Å². The number of ether oxygens (including phenoxy) is 1. The number of hydrogen-bond acceptors (Lipinski definition) is 5. The molecule has 0 aliphatic rings. The maximum atomic E-state index is 10.6. The summed E-state index contributed by atoms with van der Waals surface area (Å²) in [5, 5.41) is 39.9. The van der Waals surface area contributed by atoms with Gasteiger partial charge in [0.25, 0.3) is 0 Å². The minimum absolute atomic E-state index is 0.100. The van der Waals surface area contributed by atoms with E-state index in [2.05, 4.69) is 19.9 Å². The van der Waals surface area contributed by atoms with Gasteiger partial charge in [-0.2, -0.15) is 0 Å². The zero-order valence-electron chi connectivity index (χ0n) is 19.3. The maximum absolute atomic E-state index is 10.6. The molecule has 5 heteroatoms. The van der Waals surface area contributed by atoms with E-state index in [9.17, 15) is 20.4 Å². The molecule has 5 nitrogen and oxygen atoms in total. The second-order valence-corrected chi connectivity index (χ2v) is 8.98. The van der Waals surface area contributed by atoms with Crippen LogP contribution >= 0.6 is 0 Å². The molecule has 0 aliphatic heterocycles. The van der Waals surface area contributed by atoms with E-state index in [0.717, 1.165) is 28.9 Å². The molecule has 0 saturated carbocycles. The number of benzene rings is 2. The Bertz CT molecular complexity index is 826. The fraction of sp³-hybridized carbons (Fsp3) is 0.538. The van der Waals surface area contributed by atoms with Gasteiger partial charge in [-0.1, -0.05) is 52.0 Å². The van der Waals surface area contributed by atoms with Crippen molar-refractivity contribution in [1.82, 2.24) is 0 Å². The first kappa shape index (κ1) is 25.3. The minimum atomic E-state index is -1.03. The SMILES string of the molecule is CCC(O)(CC)C(O)CCC(C)(C)c1cccc(OCc2ccc(CO)c(CO)c2)c1. The molecular weight excluding hydrogens is 392 g/mol. The molecule has 1 unspecified atom stereocenters. The van der Waals surface area contributed by atoms with Crippen LogP contribution in [0.3, 0.4) is 0 Å². The van der Waals surface area contributed by atoms with Gasteiger partial charge in [-0.15, -0.1) is 0 Å². The van der Waals surface area contributed by atoms with Crippen LogP contribution in [0.5, 0.6) is 5.75 Å². The number of aliphatic hydroxyl groups excluding tert-OH is 3. The Kier molecular flexibility index (Phi) is 9.07. The minimum Gasteiger partial charge on any atom is -0.489 e. The van der Waals surface area contributed by atoms with Crippen LogP contribution in [0.2, 0.25) is 0 Å². The Hall–Kier alpha value is -1.92. The van der Waals surface area contributed by atoms with Crippen LogP contribution in [0.15, 0.2) is 42.5 Å². The third kappa shape index (κ3) is 6.53. The summed E-state index contributed by atoms with van der Waals surface area (Å²) in [6.45, 7) is 8.22. The molecule has 0 saturated heterocycles. The molecule has 31 heavy (non-hydrogen) atoms. The Morgan fingerprint density at radius 1 is 0.935 bits per heavy atom. The monoisotopic (exact) mass is 430 g/mol. The fourth-order valence-corrected chi connectivity index (χ4v) is 3.88. The first-order chi connectivity index (χ1) is 14.7. The van der Waals surface area contributed by atoms with Gasteiger partial charge < -0.3 is 25.2 Å². The van der Waals surface area contributed by atoms with Gasteiger partial charge in [0, 0.05) is 0 Å². The molecule has 0 aliphatic carbocycles. The predicted molar refractivity (Wildman–Crippen MR) is 123 cm³/mol. The summed E-state index contributed by atoms with van der Waals surface area (Å²) in [6.07, 6.45) is 1.58. The van der Waals surface area contributed by atoms with Crippen molar-refractivity contribution >= 4 is 0 Å². The largest absolute Gasteiger partial charge is 0.489 e. The molecule has 0 heterocycles. The van der Waals surface area contributed by atoms with Crippen molar-refractivity contribution < 1.29 is 25.2 Å². The molecule has 0 amide bonds. The van der Waals surface area contributed by atoms with Crippen LogP contribution in [-0.4, -0.2) is 32.1 Å². The molecule has 4 N–H and O–H groups in total. The third-order valence-corrected chi connectivity index (χ3v) is 6.52. The highest BCUT2D eigenvalue weighted by atomic mass is 16.5. The molecule has 172 valence electrons. The summed E-state index contributed by atoms with van der Waals surface area (Å²) in [5.74, 6) is 0.751. The maximum Gasteiger partial charge on any atom is 0.120 e. The van der Waals surface area contributed by atoms with E-state index in [-0.39, 0.29) is 18.6 Å². The van der Waals surface area contributed by atoms with E-state index in [1.54, 1.807) is 0 Å². The zero-order valence-corrected chi connectivity index (χ0v) is 19.3. The Morgan fingerprint density at radius 3 is 2.23 bits per heavy atom. The van der Waals surface area contributed by atoms with Crippen molar-refractivity contribution in [2.75, 3.05) is 0 Å². The lowest BCUT2D eigenvalue weighted by molar-refractivity contribution is -0.0848. The summed E-state index contributed by atoms with van der Waals surface area (Å²) in [6, 6.07) is 13.5. The van der Waals surface area contributed by atoms with Gasteiger partial charge in [0.15, 0.2) is 0 Å². The lowest BCUT2D eigenvalue weighted by Crippen LogP contribution is -2.41. The molecule has 1 atom stereocenters. The number of hydrogen-bond donors (Lipinski definition) is 4. The normalized spacial score (nSPS) is 13.3. The van der Waals surface area contributed by atoms with E-state index < -0.39 is 11.7 Å². The highest BCUT2D eigenvalue weighted by molar-refractivity contribution is 5.34. The van der Waals surface area contributed by atoms with Gasteiger partial charge in [-0.05, 0) is 71.6 Å². The fourth-order valence-electron chi connectivity index (χ4n) is 3.88. The molecule has 0 spiro atoms. The van der Waals surface area contributed by atoms with E-state index in [0.29, 0.717) is 31.4 Å². The summed E-state index contributed by atoms with van der Waals surface area (Å²) >= 11 is 0. The average Bonchev–Trinajstić information content (AvgIpc) is 2.80. The molecular formula is C26H38O5. The molecule has 0 aromatic heterocycles. The number of aliphatic hydroxyl groups is 4. The van der Waals surface area contributed by atoms with Crippen molar-refractivity contribution in [2.24, 2.45) is 0 Å². The highest BCUT2D eigenvalue weighted by Gasteiger charge is 2.33. The van der Waals surface area contributed by atoms with Gasteiger partial charge in [-0.25, -0.2) is 0 Å². The quantitative estimate of drug-likeness (QED) is 0.405. The van der Waals surface area contributed by atoms with Crippen molar-refractivity contribution in [2.45, 2.75) is 90.3 Å². The zero-order chi connectivity index (χ0) is 23.1. The van der Waals surface area contributed by atoms with Gasteiger partial charge in [0.1, 0.15) is 12.4 Å². The van der Waals surface area contributed by atoms with Gasteiger partial charge in [0.2, 0.25) is 0 Å². The van der Waals surface area contributed by atoms with Crippen LogP contribution in [0.25, 0.3) is 0 Å². The Morgan fingerprint density at radius 2 is 1.61 bits per heavy atom. The lowest BCUT2D eigenvalue weighted by atomic mass is 9.77. The molecule has 0 bridgehead atoms. The van der Waals surface area contributed by atoms with Crippen LogP contribution in [-0.2, 0) is 25.2 Å². The van der Waals surface area contributed by atoms with Crippen molar-refractivity contribution in [3.8, 4) is 5.75 Å². The Labute approximate surface area is 186 Å². The van der Waals surface area contributed by atoms with E-state index in [1.165, 1.54) is 0 Å². The Balaban J connectivity index is 2.05. The highest BCUT2D eigenvalue weighted by Crippen LogP contribution is 2.33.